The second kappa shape index (κ2) is 7.35. The van der Waals surface area contributed by atoms with Gasteiger partial charge in [-0.25, -0.2) is 4.39 Å². The fraction of sp³-hybridized carbons (Fsp3) is 0. The minimum absolute atomic E-state index is 0.0391. The summed E-state index contributed by atoms with van der Waals surface area (Å²) in [5, 5.41) is 7.49. The van der Waals surface area contributed by atoms with Crippen LogP contribution in [-0.4, -0.2) is 11.0 Å². The van der Waals surface area contributed by atoms with Crippen molar-refractivity contribution >= 4 is 62.9 Å². The molecule has 0 aliphatic heterocycles. The first-order valence-corrected chi connectivity index (χ1v) is 8.37. The summed E-state index contributed by atoms with van der Waals surface area (Å²) < 4.78 is 13.2. The van der Waals surface area contributed by atoms with E-state index in [-0.39, 0.29) is 16.0 Å². The summed E-state index contributed by atoms with van der Waals surface area (Å²) in [4.78, 5) is 12.5. The number of hydrogen-bond acceptors (Lipinski definition) is 2. The zero-order valence-corrected chi connectivity index (χ0v) is 15.0. The first kappa shape index (κ1) is 17.6. The highest BCUT2D eigenvalue weighted by atomic mass is 35.5. The highest BCUT2D eigenvalue weighted by Gasteiger charge is 2.13. The van der Waals surface area contributed by atoms with Crippen LogP contribution in [0.1, 0.15) is 10.4 Å². The fourth-order valence-corrected chi connectivity index (χ4v) is 3.00. The predicted octanol–water partition coefficient (Wildman–Crippen LogP) is 5.41. The molecule has 0 saturated carbocycles. The van der Waals surface area contributed by atoms with Gasteiger partial charge in [-0.1, -0.05) is 47.5 Å². The van der Waals surface area contributed by atoms with Crippen molar-refractivity contribution in [3.8, 4) is 0 Å². The highest BCUT2D eigenvalue weighted by molar-refractivity contribution is 7.80. The lowest BCUT2D eigenvalue weighted by molar-refractivity contribution is 0.0979. The second-order valence-electron chi connectivity index (χ2n) is 5.18. The first-order chi connectivity index (χ1) is 12.0. The number of fused-ring (bicyclic) bond motifs is 1. The van der Waals surface area contributed by atoms with Gasteiger partial charge in [-0.3, -0.25) is 10.1 Å². The van der Waals surface area contributed by atoms with Crippen LogP contribution in [0.3, 0.4) is 0 Å². The Kier molecular flexibility index (Phi) is 5.18. The average molecular weight is 393 g/mol. The summed E-state index contributed by atoms with van der Waals surface area (Å²) in [5.41, 5.74) is 0.916. The molecule has 1 amide bonds. The molecule has 3 rings (SSSR count). The second-order valence-corrected chi connectivity index (χ2v) is 6.40. The SMILES string of the molecule is O=C(NC(=S)Nc1ccc(F)c(Cl)c1)c1cccc2c(Cl)cccc12. The van der Waals surface area contributed by atoms with Gasteiger partial charge in [-0.05, 0) is 47.9 Å². The third-order valence-corrected chi connectivity index (χ3v) is 4.34. The molecule has 0 aromatic heterocycles. The van der Waals surface area contributed by atoms with E-state index in [1.165, 1.54) is 18.2 Å². The quantitative estimate of drug-likeness (QED) is 0.572. The highest BCUT2D eigenvalue weighted by Crippen LogP contribution is 2.26. The smallest absolute Gasteiger partial charge is 0.258 e. The van der Waals surface area contributed by atoms with Crippen molar-refractivity contribution in [2.24, 2.45) is 0 Å². The molecule has 3 aromatic carbocycles. The minimum Gasteiger partial charge on any atom is -0.332 e. The van der Waals surface area contributed by atoms with E-state index in [4.69, 9.17) is 35.4 Å². The summed E-state index contributed by atoms with van der Waals surface area (Å²) in [6.45, 7) is 0. The number of anilines is 1. The molecule has 0 heterocycles. The van der Waals surface area contributed by atoms with E-state index in [1.54, 1.807) is 24.3 Å². The summed E-state index contributed by atoms with van der Waals surface area (Å²) in [6, 6.07) is 14.7. The number of benzene rings is 3. The van der Waals surface area contributed by atoms with Crippen molar-refractivity contribution in [3.63, 3.8) is 0 Å². The normalized spacial score (nSPS) is 10.5. The molecule has 0 aliphatic rings. The Morgan fingerprint density at radius 1 is 0.960 bits per heavy atom. The summed E-state index contributed by atoms with van der Waals surface area (Å²) in [5.74, 6) is -0.909. The lowest BCUT2D eigenvalue weighted by atomic mass is 10.0. The van der Waals surface area contributed by atoms with Crippen molar-refractivity contribution in [2.75, 3.05) is 5.32 Å². The van der Waals surface area contributed by atoms with Crippen molar-refractivity contribution in [3.05, 3.63) is 76.0 Å². The average Bonchev–Trinajstić information content (AvgIpc) is 2.58. The topological polar surface area (TPSA) is 41.1 Å². The zero-order chi connectivity index (χ0) is 18.0. The molecule has 0 radical (unpaired) electrons. The van der Waals surface area contributed by atoms with Gasteiger partial charge in [0, 0.05) is 21.7 Å². The van der Waals surface area contributed by atoms with Crippen LogP contribution in [0, 0.1) is 5.82 Å². The van der Waals surface area contributed by atoms with E-state index in [2.05, 4.69) is 10.6 Å². The van der Waals surface area contributed by atoms with Crippen LogP contribution < -0.4 is 10.6 Å². The van der Waals surface area contributed by atoms with E-state index in [0.717, 1.165) is 10.8 Å². The summed E-state index contributed by atoms with van der Waals surface area (Å²) >= 11 is 17.0. The number of nitrogens with one attached hydrogen (secondary N) is 2. The molecule has 0 unspecified atom stereocenters. The van der Waals surface area contributed by atoms with Crippen LogP contribution in [0.4, 0.5) is 10.1 Å². The maximum Gasteiger partial charge on any atom is 0.258 e. The van der Waals surface area contributed by atoms with Crippen molar-refractivity contribution in [2.45, 2.75) is 0 Å². The van der Waals surface area contributed by atoms with Crippen LogP contribution >= 0.6 is 35.4 Å². The molecule has 0 saturated heterocycles. The van der Waals surface area contributed by atoms with Crippen LogP contribution in [0.5, 0.6) is 0 Å². The maximum atomic E-state index is 13.2. The van der Waals surface area contributed by atoms with Crippen LogP contribution in [0.15, 0.2) is 54.6 Å². The Morgan fingerprint density at radius 3 is 2.44 bits per heavy atom. The monoisotopic (exact) mass is 392 g/mol. The first-order valence-electron chi connectivity index (χ1n) is 7.20. The number of thiocarbonyl (C=S) groups is 1. The molecule has 7 heteroatoms. The molecule has 3 aromatic rings. The van der Waals surface area contributed by atoms with Gasteiger partial charge in [0.25, 0.3) is 5.91 Å². The maximum absolute atomic E-state index is 13.2. The number of carbonyl (C=O) groups excluding carboxylic acids is 1. The largest absolute Gasteiger partial charge is 0.332 e. The van der Waals surface area contributed by atoms with Gasteiger partial charge in [-0.15, -0.1) is 0 Å². The van der Waals surface area contributed by atoms with Gasteiger partial charge in [0.05, 0.1) is 5.02 Å². The number of carbonyl (C=O) groups is 1. The van der Waals surface area contributed by atoms with Crippen LogP contribution in [0.2, 0.25) is 10.0 Å². The molecular formula is C18H11Cl2FN2OS. The Hall–Kier alpha value is -2.21. The van der Waals surface area contributed by atoms with E-state index >= 15 is 0 Å². The minimum atomic E-state index is -0.533. The van der Waals surface area contributed by atoms with Crippen molar-refractivity contribution < 1.29 is 9.18 Å². The third kappa shape index (κ3) is 3.90. The van der Waals surface area contributed by atoms with Gasteiger partial charge in [0.2, 0.25) is 0 Å². The standard InChI is InChI=1S/C18H11Cl2FN2OS/c19-14-6-2-3-11-12(14)4-1-5-13(11)17(24)23-18(25)22-10-7-8-16(21)15(20)9-10/h1-9H,(H2,22,23,24,25). The Labute approximate surface area is 158 Å². The Balaban J connectivity index is 1.79. The van der Waals surface area contributed by atoms with E-state index in [1.807, 2.05) is 12.1 Å². The van der Waals surface area contributed by atoms with E-state index in [9.17, 15) is 9.18 Å². The lowest BCUT2D eigenvalue weighted by Crippen LogP contribution is -2.34. The molecule has 0 aliphatic carbocycles. The molecule has 0 spiro atoms. The van der Waals surface area contributed by atoms with Gasteiger partial charge in [0.1, 0.15) is 5.82 Å². The Bertz CT molecular complexity index is 994. The van der Waals surface area contributed by atoms with Gasteiger partial charge in [-0.2, -0.15) is 0 Å². The summed E-state index contributed by atoms with van der Waals surface area (Å²) in [6.07, 6.45) is 0. The number of rotatable bonds is 2. The van der Waals surface area contributed by atoms with E-state index in [0.29, 0.717) is 16.3 Å². The van der Waals surface area contributed by atoms with Crippen LogP contribution in [0.25, 0.3) is 10.8 Å². The summed E-state index contributed by atoms with van der Waals surface area (Å²) in [7, 11) is 0. The molecule has 25 heavy (non-hydrogen) atoms. The van der Waals surface area contributed by atoms with Crippen LogP contribution in [-0.2, 0) is 0 Å². The number of halogens is 3. The van der Waals surface area contributed by atoms with Gasteiger partial charge >= 0.3 is 0 Å². The molecule has 2 N–H and O–H groups in total. The van der Waals surface area contributed by atoms with Gasteiger partial charge in [0.15, 0.2) is 5.11 Å². The lowest BCUT2D eigenvalue weighted by Gasteiger charge is -2.11. The van der Waals surface area contributed by atoms with Crippen molar-refractivity contribution in [1.82, 2.24) is 5.32 Å². The fourth-order valence-electron chi connectivity index (χ4n) is 2.38. The molecular weight excluding hydrogens is 382 g/mol. The molecule has 3 nitrogen and oxygen atoms in total. The molecule has 126 valence electrons. The van der Waals surface area contributed by atoms with E-state index < -0.39 is 5.82 Å². The Morgan fingerprint density at radius 2 is 1.68 bits per heavy atom. The third-order valence-electron chi connectivity index (χ3n) is 3.52. The number of hydrogen-bond donors (Lipinski definition) is 2. The molecule has 0 bridgehead atoms. The molecule has 0 fully saturated rings. The van der Waals surface area contributed by atoms with Gasteiger partial charge < -0.3 is 5.32 Å². The molecule has 0 atom stereocenters. The zero-order valence-electron chi connectivity index (χ0n) is 12.6. The predicted molar refractivity (Wildman–Crippen MR) is 104 cm³/mol. The van der Waals surface area contributed by atoms with Crippen molar-refractivity contribution in [1.29, 1.82) is 0 Å². The number of amides is 1.